The first-order valence-electron chi connectivity index (χ1n) is 6.90. The van der Waals surface area contributed by atoms with Crippen molar-refractivity contribution in [1.82, 2.24) is 0 Å². The van der Waals surface area contributed by atoms with Gasteiger partial charge in [-0.2, -0.15) is 0 Å². The van der Waals surface area contributed by atoms with Crippen molar-refractivity contribution in [1.29, 1.82) is 10.8 Å². The summed E-state index contributed by atoms with van der Waals surface area (Å²) in [5.41, 5.74) is 7.58. The molecule has 0 aliphatic heterocycles. The average Bonchev–Trinajstić information content (AvgIpc) is 2.47. The summed E-state index contributed by atoms with van der Waals surface area (Å²) in [4.78, 5) is 10.7. The number of hydrogen-bond acceptors (Lipinski definition) is 3. The minimum absolute atomic E-state index is 0.0729. The van der Waals surface area contributed by atoms with E-state index in [0.29, 0.717) is 16.7 Å². The first-order valence-corrected chi connectivity index (χ1v) is 6.90. The van der Waals surface area contributed by atoms with Crippen LogP contribution in [0.4, 0.5) is 4.39 Å². The molecule has 0 aromatic heterocycles. The monoisotopic (exact) mass is 301 g/mol. The molecule has 116 valence electrons. The number of hydrogen-bond donors (Lipinski definition) is 3. The van der Waals surface area contributed by atoms with Crippen LogP contribution in [0.1, 0.15) is 37.8 Å². The maximum atomic E-state index is 14.3. The van der Waals surface area contributed by atoms with Gasteiger partial charge >= 0.3 is 0 Å². The van der Waals surface area contributed by atoms with Gasteiger partial charge in [-0.15, -0.1) is 0 Å². The molecule has 1 aromatic rings. The van der Waals surface area contributed by atoms with E-state index in [1.807, 2.05) is 6.92 Å². The Labute approximate surface area is 129 Å². The maximum absolute atomic E-state index is 14.3. The number of amides is 1. The highest BCUT2D eigenvalue weighted by atomic mass is 19.1. The summed E-state index contributed by atoms with van der Waals surface area (Å²) in [6, 6.07) is 4.56. The summed E-state index contributed by atoms with van der Waals surface area (Å²) in [7, 11) is 0. The zero-order chi connectivity index (χ0) is 16.7. The molecule has 0 unspecified atom stereocenters. The van der Waals surface area contributed by atoms with Crippen molar-refractivity contribution in [3.63, 3.8) is 0 Å². The van der Waals surface area contributed by atoms with Gasteiger partial charge in [0.1, 0.15) is 5.82 Å². The highest BCUT2D eigenvalue weighted by Gasteiger charge is 2.12. The number of carbonyl (C=O) groups excluding carboxylic acids is 1. The number of carbonyl (C=O) groups is 1. The van der Waals surface area contributed by atoms with Gasteiger partial charge in [-0.3, -0.25) is 4.79 Å². The van der Waals surface area contributed by atoms with Crippen LogP contribution in [-0.4, -0.2) is 17.8 Å². The second-order valence-electron chi connectivity index (χ2n) is 4.86. The Morgan fingerprint density at radius 2 is 2.05 bits per heavy atom. The van der Waals surface area contributed by atoms with Crippen molar-refractivity contribution < 1.29 is 9.18 Å². The van der Waals surface area contributed by atoms with Gasteiger partial charge in [-0.05, 0) is 49.1 Å². The van der Waals surface area contributed by atoms with Gasteiger partial charge in [0.2, 0.25) is 5.91 Å². The first-order chi connectivity index (χ1) is 10.4. The van der Waals surface area contributed by atoms with Crippen LogP contribution in [0.2, 0.25) is 0 Å². The lowest BCUT2D eigenvalue weighted by Crippen LogP contribution is -2.13. The fourth-order valence-corrected chi connectivity index (χ4v) is 2.12. The Morgan fingerprint density at radius 1 is 1.36 bits per heavy atom. The molecule has 5 heteroatoms. The first kappa shape index (κ1) is 17.5. The van der Waals surface area contributed by atoms with Crippen molar-refractivity contribution in [3.05, 3.63) is 52.9 Å². The van der Waals surface area contributed by atoms with Crippen molar-refractivity contribution in [2.24, 2.45) is 5.73 Å². The van der Waals surface area contributed by atoms with Gasteiger partial charge in [-0.1, -0.05) is 18.2 Å². The van der Waals surface area contributed by atoms with Gasteiger partial charge in [-0.25, -0.2) is 4.39 Å². The third-order valence-electron chi connectivity index (χ3n) is 3.28. The topological polar surface area (TPSA) is 90.8 Å². The summed E-state index contributed by atoms with van der Waals surface area (Å²) in [6.45, 7) is 3.61. The van der Waals surface area contributed by atoms with E-state index in [1.54, 1.807) is 31.2 Å². The van der Waals surface area contributed by atoms with Gasteiger partial charge in [0.15, 0.2) is 0 Å². The van der Waals surface area contributed by atoms with E-state index in [2.05, 4.69) is 0 Å². The molecule has 0 atom stereocenters. The Morgan fingerprint density at radius 3 is 2.55 bits per heavy atom. The molecule has 0 bridgehead atoms. The summed E-state index contributed by atoms with van der Waals surface area (Å²) in [5.74, 6) is -0.919. The Bertz CT molecular complexity index is 660. The van der Waals surface area contributed by atoms with E-state index in [-0.39, 0.29) is 18.6 Å². The third-order valence-corrected chi connectivity index (χ3v) is 3.28. The second-order valence-corrected chi connectivity index (χ2v) is 4.86. The zero-order valence-corrected chi connectivity index (χ0v) is 12.7. The smallest absolute Gasteiger partial charge is 0.217 e. The molecule has 0 radical (unpaired) electrons. The predicted octanol–water partition coefficient (Wildman–Crippen LogP) is 3.46. The third kappa shape index (κ3) is 4.48. The maximum Gasteiger partial charge on any atom is 0.217 e. The fraction of sp³-hybridized carbons (Fsp3) is 0.235. The lowest BCUT2D eigenvalue weighted by atomic mass is 9.95. The van der Waals surface area contributed by atoms with Crippen molar-refractivity contribution in [2.75, 3.05) is 0 Å². The molecule has 4 N–H and O–H groups in total. The molecular formula is C17H20FN3O. The highest BCUT2D eigenvalue weighted by Crippen LogP contribution is 2.26. The van der Waals surface area contributed by atoms with Crippen LogP contribution < -0.4 is 5.73 Å². The standard InChI is InChI=1S/C17H20FN3O/c1-3-13(11(2)8-9-19)14-5-4-12(10-15(14)18)16(20)6-7-17(21)22/h3-5,8-10,19-20H,6-7H2,1-2H3,(H2,21,22)/b11-8-,13-3+,19-9?,20-16?. The van der Waals surface area contributed by atoms with Crippen molar-refractivity contribution in [3.8, 4) is 0 Å². The lowest BCUT2D eigenvalue weighted by Gasteiger charge is -2.11. The molecular weight excluding hydrogens is 281 g/mol. The number of allylic oxidation sites excluding steroid dienone is 4. The Hall–Kier alpha value is -2.56. The normalized spacial score (nSPS) is 12.1. The van der Waals surface area contributed by atoms with Gasteiger partial charge < -0.3 is 16.6 Å². The van der Waals surface area contributed by atoms with E-state index in [9.17, 15) is 9.18 Å². The molecule has 0 aliphatic carbocycles. The van der Waals surface area contributed by atoms with Gasteiger partial charge in [0.05, 0.1) is 0 Å². The minimum atomic E-state index is -0.481. The number of benzene rings is 1. The molecule has 1 rings (SSSR count). The molecule has 0 saturated heterocycles. The van der Waals surface area contributed by atoms with Crippen LogP contribution in [0.15, 0.2) is 35.9 Å². The summed E-state index contributed by atoms with van der Waals surface area (Å²) in [5, 5.41) is 15.0. The number of rotatable bonds is 7. The minimum Gasteiger partial charge on any atom is -0.370 e. The second kappa shape index (κ2) is 8.02. The van der Waals surface area contributed by atoms with E-state index < -0.39 is 11.7 Å². The molecule has 0 saturated carbocycles. The molecule has 1 amide bonds. The van der Waals surface area contributed by atoms with Crippen molar-refractivity contribution >= 4 is 23.4 Å². The van der Waals surface area contributed by atoms with Crippen LogP contribution in [0.5, 0.6) is 0 Å². The fourth-order valence-electron chi connectivity index (χ4n) is 2.12. The predicted molar refractivity (Wildman–Crippen MR) is 87.8 cm³/mol. The lowest BCUT2D eigenvalue weighted by molar-refractivity contribution is -0.117. The molecule has 4 nitrogen and oxygen atoms in total. The zero-order valence-electron chi connectivity index (χ0n) is 12.7. The van der Waals surface area contributed by atoms with Gasteiger partial charge in [0.25, 0.3) is 0 Å². The quantitative estimate of drug-likeness (QED) is 0.522. The van der Waals surface area contributed by atoms with E-state index >= 15 is 0 Å². The molecule has 22 heavy (non-hydrogen) atoms. The highest BCUT2D eigenvalue weighted by molar-refractivity contribution is 6.00. The molecule has 1 aromatic carbocycles. The van der Waals surface area contributed by atoms with Crippen LogP contribution in [0.25, 0.3) is 5.57 Å². The number of nitrogens with one attached hydrogen (secondary N) is 2. The summed E-state index contributed by atoms with van der Waals surface area (Å²) in [6.07, 6.45) is 4.80. The average molecular weight is 301 g/mol. The van der Waals surface area contributed by atoms with Gasteiger partial charge in [0, 0.05) is 23.9 Å². The van der Waals surface area contributed by atoms with Crippen molar-refractivity contribution in [2.45, 2.75) is 26.7 Å². The number of primary amides is 1. The van der Waals surface area contributed by atoms with E-state index in [0.717, 1.165) is 11.8 Å². The number of nitrogens with two attached hydrogens (primary N) is 1. The largest absolute Gasteiger partial charge is 0.370 e. The van der Waals surface area contributed by atoms with E-state index in [4.69, 9.17) is 16.6 Å². The summed E-state index contributed by atoms with van der Waals surface area (Å²) >= 11 is 0. The SMILES string of the molecule is C/C=C(\C(C)=C/C=N)c1ccc(C(=N)CCC(N)=O)cc1F. The van der Waals surface area contributed by atoms with E-state index in [1.165, 1.54) is 6.07 Å². The van der Waals surface area contributed by atoms with Crippen LogP contribution in [0.3, 0.4) is 0 Å². The van der Waals surface area contributed by atoms with Crippen LogP contribution in [-0.2, 0) is 4.79 Å². The molecule has 0 aliphatic rings. The Balaban J connectivity index is 3.08. The Kier molecular flexibility index (Phi) is 6.38. The molecule has 0 spiro atoms. The van der Waals surface area contributed by atoms with Crippen LogP contribution in [0, 0.1) is 16.6 Å². The number of halogens is 1. The summed E-state index contributed by atoms with van der Waals surface area (Å²) < 4.78 is 14.3. The molecule has 0 heterocycles. The molecule has 0 fully saturated rings. The van der Waals surface area contributed by atoms with Crippen LogP contribution >= 0.6 is 0 Å².